The van der Waals surface area contributed by atoms with E-state index in [0.29, 0.717) is 5.54 Å². The molecule has 1 unspecified atom stereocenters. The highest BCUT2D eigenvalue weighted by molar-refractivity contribution is 5.88. The van der Waals surface area contributed by atoms with Gasteiger partial charge in [-0.25, -0.2) is 4.68 Å². The summed E-state index contributed by atoms with van der Waals surface area (Å²) in [7, 11) is 0. The van der Waals surface area contributed by atoms with Crippen molar-refractivity contribution in [2.24, 2.45) is 5.92 Å². The third kappa shape index (κ3) is 3.43. The van der Waals surface area contributed by atoms with Crippen molar-refractivity contribution in [3.8, 4) is 0 Å². The number of rotatable bonds is 3. The first kappa shape index (κ1) is 21.5. The van der Waals surface area contributed by atoms with Gasteiger partial charge in [0.05, 0.1) is 35.6 Å². The molecular formula is C25H36N10. The van der Waals surface area contributed by atoms with E-state index in [9.17, 15) is 0 Å². The molecule has 10 heteroatoms. The van der Waals surface area contributed by atoms with Crippen LogP contribution in [0.1, 0.15) is 58.9 Å². The van der Waals surface area contributed by atoms with Gasteiger partial charge in [0.2, 0.25) is 5.95 Å². The summed E-state index contributed by atoms with van der Waals surface area (Å²) in [5.74, 6) is 2.79. The molecule has 0 aromatic carbocycles. The molecule has 7 heterocycles. The summed E-state index contributed by atoms with van der Waals surface area (Å²) in [4.78, 5) is 19.9. The summed E-state index contributed by atoms with van der Waals surface area (Å²) in [6.07, 6.45) is 11.7. The Balaban J connectivity index is 1.28. The average Bonchev–Trinajstić information content (AvgIpc) is 3.53. The second-order valence-electron chi connectivity index (χ2n) is 12.1. The molecule has 5 fully saturated rings. The SMILES string of the molecule is CC(C)(C)n1ncc2c(N3CCCC(n4nccn4)C3)nc(N3CCN4CCC5CC4(C5)C3)nc21. The number of hydrogen-bond donors (Lipinski definition) is 0. The molecule has 4 aliphatic heterocycles. The summed E-state index contributed by atoms with van der Waals surface area (Å²) in [5.41, 5.74) is 1.12. The van der Waals surface area contributed by atoms with Gasteiger partial charge in [-0.3, -0.25) is 4.90 Å². The number of nitrogens with zero attached hydrogens (tertiary/aromatic N) is 10. The molecule has 0 N–H and O–H groups in total. The fraction of sp³-hybridized carbons (Fsp3) is 0.720. The van der Waals surface area contributed by atoms with Crippen molar-refractivity contribution in [1.29, 1.82) is 0 Å². The normalized spacial score (nSPS) is 29.3. The molecule has 3 aromatic rings. The first-order valence-electron chi connectivity index (χ1n) is 13.3. The van der Waals surface area contributed by atoms with E-state index in [1.807, 2.05) is 11.0 Å². The zero-order chi connectivity index (χ0) is 23.8. The zero-order valence-corrected chi connectivity index (χ0v) is 21.1. The second kappa shape index (κ2) is 7.62. The van der Waals surface area contributed by atoms with E-state index < -0.39 is 0 Å². The first-order chi connectivity index (χ1) is 16.9. The first-order valence-corrected chi connectivity index (χ1v) is 13.3. The Morgan fingerprint density at radius 1 is 0.914 bits per heavy atom. The summed E-state index contributed by atoms with van der Waals surface area (Å²) in [6, 6.07) is 0.251. The van der Waals surface area contributed by atoms with E-state index in [0.717, 1.165) is 74.3 Å². The standard InChI is InChI=1S/C25H36N10/c1-24(2,3)34-22-20(15-28-34)21(31-9-4-5-19(16-31)35-26-7-8-27-35)29-23(30-22)32-11-12-33-10-6-18-13-25(33,14-18)17-32/h7-8,15,18-19H,4-6,9-14,16-17H2,1-3H3. The van der Waals surface area contributed by atoms with Crippen LogP contribution in [0, 0.1) is 5.92 Å². The number of fused-ring (bicyclic) bond motifs is 2. The molecule has 1 spiro atoms. The Kier molecular flexibility index (Phi) is 4.69. The van der Waals surface area contributed by atoms with Gasteiger partial charge in [0.15, 0.2) is 5.65 Å². The molecule has 1 atom stereocenters. The van der Waals surface area contributed by atoms with Gasteiger partial charge in [-0.1, -0.05) is 0 Å². The van der Waals surface area contributed by atoms with E-state index in [-0.39, 0.29) is 11.6 Å². The highest BCUT2D eigenvalue weighted by Crippen LogP contribution is 2.50. The summed E-state index contributed by atoms with van der Waals surface area (Å²) in [6.45, 7) is 12.8. The van der Waals surface area contributed by atoms with Crippen molar-refractivity contribution < 1.29 is 0 Å². The van der Waals surface area contributed by atoms with E-state index in [4.69, 9.17) is 15.1 Å². The van der Waals surface area contributed by atoms with Crippen LogP contribution in [0.3, 0.4) is 0 Å². The number of aromatic nitrogens is 7. The van der Waals surface area contributed by atoms with Crippen molar-refractivity contribution in [1.82, 2.24) is 39.6 Å². The molecule has 10 nitrogen and oxygen atoms in total. The Morgan fingerprint density at radius 2 is 1.74 bits per heavy atom. The highest BCUT2D eigenvalue weighted by atomic mass is 15.5. The number of piperidine rings is 3. The predicted molar refractivity (Wildman–Crippen MR) is 135 cm³/mol. The predicted octanol–water partition coefficient (Wildman–Crippen LogP) is 2.69. The third-order valence-corrected chi connectivity index (χ3v) is 8.71. The van der Waals surface area contributed by atoms with Gasteiger partial charge in [0, 0.05) is 38.3 Å². The lowest BCUT2D eigenvalue weighted by molar-refractivity contribution is -0.0822. The van der Waals surface area contributed by atoms with Gasteiger partial charge >= 0.3 is 0 Å². The monoisotopic (exact) mass is 476 g/mol. The van der Waals surface area contributed by atoms with E-state index in [1.54, 1.807) is 12.4 Å². The molecule has 5 aliphatic rings. The molecule has 1 aliphatic carbocycles. The molecule has 186 valence electrons. The van der Waals surface area contributed by atoms with Crippen molar-refractivity contribution >= 4 is 22.8 Å². The highest BCUT2D eigenvalue weighted by Gasteiger charge is 2.54. The molecule has 1 saturated carbocycles. The lowest BCUT2D eigenvalue weighted by Crippen LogP contribution is -2.71. The van der Waals surface area contributed by atoms with E-state index in [1.165, 1.54) is 25.8 Å². The molecule has 0 amide bonds. The van der Waals surface area contributed by atoms with E-state index in [2.05, 4.69) is 50.4 Å². The van der Waals surface area contributed by atoms with Gasteiger partial charge in [0.25, 0.3) is 0 Å². The van der Waals surface area contributed by atoms with Crippen LogP contribution in [-0.2, 0) is 5.54 Å². The summed E-state index contributed by atoms with van der Waals surface area (Å²) < 4.78 is 2.07. The smallest absolute Gasteiger partial charge is 0.229 e. The Morgan fingerprint density at radius 3 is 2.54 bits per heavy atom. The molecule has 4 saturated heterocycles. The lowest BCUT2D eigenvalue weighted by Gasteiger charge is -2.63. The molecular weight excluding hydrogens is 440 g/mol. The Hall–Kier alpha value is -2.75. The summed E-state index contributed by atoms with van der Waals surface area (Å²) >= 11 is 0. The zero-order valence-electron chi connectivity index (χ0n) is 21.1. The fourth-order valence-electron chi connectivity index (χ4n) is 6.98. The van der Waals surface area contributed by atoms with Gasteiger partial charge < -0.3 is 9.80 Å². The van der Waals surface area contributed by atoms with Crippen molar-refractivity contribution in [2.45, 2.75) is 70.0 Å². The van der Waals surface area contributed by atoms with Crippen LogP contribution < -0.4 is 9.80 Å². The van der Waals surface area contributed by atoms with Crippen LogP contribution in [0.4, 0.5) is 11.8 Å². The van der Waals surface area contributed by atoms with Crippen LogP contribution in [0.2, 0.25) is 0 Å². The van der Waals surface area contributed by atoms with Crippen LogP contribution in [0.15, 0.2) is 18.6 Å². The quantitative estimate of drug-likeness (QED) is 0.571. The lowest BCUT2D eigenvalue weighted by atomic mass is 9.62. The van der Waals surface area contributed by atoms with Crippen LogP contribution >= 0.6 is 0 Å². The van der Waals surface area contributed by atoms with Gasteiger partial charge in [-0.2, -0.15) is 30.1 Å². The fourth-order valence-corrected chi connectivity index (χ4v) is 6.98. The second-order valence-corrected chi connectivity index (χ2v) is 12.1. The minimum absolute atomic E-state index is 0.157. The molecule has 0 radical (unpaired) electrons. The maximum atomic E-state index is 5.26. The van der Waals surface area contributed by atoms with Gasteiger partial charge in [0.1, 0.15) is 5.82 Å². The summed E-state index contributed by atoms with van der Waals surface area (Å²) in [5, 5.41) is 14.7. The molecule has 35 heavy (non-hydrogen) atoms. The number of anilines is 2. The van der Waals surface area contributed by atoms with Crippen molar-refractivity contribution in [2.75, 3.05) is 49.1 Å². The Labute approximate surface area is 206 Å². The number of piperazine rings is 1. The van der Waals surface area contributed by atoms with Crippen LogP contribution in [0.5, 0.6) is 0 Å². The molecule has 8 rings (SSSR count). The topological polar surface area (TPSA) is 84.0 Å². The van der Waals surface area contributed by atoms with Crippen LogP contribution in [0.25, 0.3) is 11.0 Å². The van der Waals surface area contributed by atoms with Crippen molar-refractivity contribution in [3.63, 3.8) is 0 Å². The van der Waals surface area contributed by atoms with Crippen molar-refractivity contribution in [3.05, 3.63) is 18.6 Å². The maximum absolute atomic E-state index is 5.26. The molecule has 3 aromatic heterocycles. The average molecular weight is 477 g/mol. The Bertz CT molecular complexity index is 1220. The van der Waals surface area contributed by atoms with Gasteiger partial charge in [-0.15, -0.1) is 0 Å². The minimum Gasteiger partial charge on any atom is -0.354 e. The van der Waals surface area contributed by atoms with Crippen LogP contribution in [-0.4, -0.2) is 84.4 Å². The number of hydrogen-bond acceptors (Lipinski definition) is 8. The maximum Gasteiger partial charge on any atom is 0.229 e. The van der Waals surface area contributed by atoms with Gasteiger partial charge in [-0.05, 0) is 65.3 Å². The largest absolute Gasteiger partial charge is 0.354 e. The minimum atomic E-state index is -0.157. The molecule has 2 bridgehead atoms. The third-order valence-electron chi connectivity index (χ3n) is 8.71. The van der Waals surface area contributed by atoms with E-state index >= 15 is 0 Å².